The van der Waals surface area contributed by atoms with Crippen LogP contribution in [-0.2, 0) is 0 Å². The average molecular weight is 260 g/mol. The van der Waals surface area contributed by atoms with Crippen molar-refractivity contribution in [2.75, 3.05) is 17.7 Å². The van der Waals surface area contributed by atoms with Gasteiger partial charge in [0.15, 0.2) is 0 Å². The maximum Gasteiger partial charge on any atom is 0.123 e. The maximum absolute atomic E-state index is 12.8. The van der Waals surface area contributed by atoms with Gasteiger partial charge in [0.2, 0.25) is 0 Å². The molecule has 4 heteroatoms. The quantitative estimate of drug-likeness (QED) is 0.800. The van der Waals surface area contributed by atoms with Gasteiger partial charge in [0.1, 0.15) is 11.6 Å². The van der Waals surface area contributed by atoms with Crippen molar-refractivity contribution in [1.29, 1.82) is 0 Å². The zero-order valence-corrected chi connectivity index (χ0v) is 10.8. The number of anilines is 3. The standard InChI is InChI=1S/C15H17FN2O/c1-2-7-19-15-9-12(17)8-14(10-15)18-13-5-3-11(16)4-6-13/h3-6,8-10,18H,2,7,17H2,1H3. The topological polar surface area (TPSA) is 47.3 Å². The predicted octanol–water partition coefficient (Wildman–Crippen LogP) is 3.94. The van der Waals surface area contributed by atoms with Crippen molar-refractivity contribution in [3.8, 4) is 5.75 Å². The Morgan fingerprint density at radius 3 is 2.53 bits per heavy atom. The highest BCUT2D eigenvalue weighted by Gasteiger charge is 2.01. The van der Waals surface area contributed by atoms with Crippen LogP contribution < -0.4 is 15.8 Å². The van der Waals surface area contributed by atoms with E-state index in [0.29, 0.717) is 12.3 Å². The molecule has 0 unspecified atom stereocenters. The van der Waals surface area contributed by atoms with Crippen LogP contribution in [0.5, 0.6) is 5.75 Å². The van der Waals surface area contributed by atoms with Gasteiger partial charge in [0.25, 0.3) is 0 Å². The Morgan fingerprint density at radius 1 is 1.11 bits per heavy atom. The molecule has 0 aliphatic heterocycles. The van der Waals surface area contributed by atoms with Gasteiger partial charge in [0, 0.05) is 29.2 Å². The van der Waals surface area contributed by atoms with E-state index in [4.69, 9.17) is 10.5 Å². The molecule has 3 nitrogen and oxygen atoms in total. The fourth-order valence-corrected chi connectivity index (χ4v) is 1.70. The van der Waals surface area contributed by atoms with Crippen molar-refractivity contribution in [2.45, 2.75) is 13.3 Å². The third kappa shape index (κ3) is 3.88. The van der Waals surface area contributed by atoms with E-state index in [1.54, 1.807) is 18.2 Å². The fraction of sp³-hybridized carbons (Fsp3) is 0.200. The van der Waals surface area contributed by atoms with E-state index in [-0.39, 0.29) is 5.82 Å². The first-order chi connectivity index (χ1) is 9.17. The van der Waals surface area contributed by atoms with Crippen LogP contribution in [0.3, 0.4) is 0 Å². The molecule has 0 bridgehead atoms. The first-order valence-electron chi connectivity index (χ1n) is 6.23. The van der Waals surface area contributed by atoms with Gasteiger partial charge in [-0.2, -0.15) is 0 Å². The second-order valence-electron chi connectivity index (χ2n) is 4.27. The summed E-state index contributed by atoms with van der Waals surface area (Å²) in [4.78, 5) is 0. The Morgan fingerprint density at radius 2 is 1.84 bits per heavy atom. The number of rotatable bonds is 5. The molecule has 0 spiro atoms. The van der Waals surface area contributed by atoms with Crippen molar-refractivity contribution < 1.29 is 9.13 Å². The van der Waals surface area contributed by atoms with Crippen LogP contribution >= 0.6 is 0 Å². The van der Waals surface area contributed by atoms with E-state index in [1.807, 2.05) is 19.1 Å². The van der Waals surface area contributed by atoms with Gasteiger partial charge in [-0.1, -0.05) is 6.92 Å². The predicted molar refractivity (Wildman–Crippen MR) is 76.3 cm³/mol. The molecule has 0 aliphatic carbocycles. The van der Waals surface area contributed by atoms with E-state index >= 15 is 0 Å². The van der Waals surface area contributed by atoms with Gasteiger partial charge in [-0.3, -0.25) is 0 Å². The van der Waals surface area contributed by atoms with E-state index in [9.17, 15) is 4.39 Å². The minimum Gasteiger partial charge on any atom is -0.493 e. The lowest BCUT2D eigenvalue weighted by Gasteiger charge is -2.11. The summed E-state index contributed by atoms with van der Waals surface area (Å²) >= 11 is 0. The van der Waals surface area contributed by atoms with Crippen molar-refractivity contribution in [1.82, 2.24) is 0 Å². The molecule has 2 aromatic carbocycles. The van der Waals surface area contributed by atoms with Crippen LogP contribution in [0.4, 0.5) is 21.5 Å². The van der Waals surface area contributed by atoms with Crippen LogP contribution in [0.15, 0.2) is 42.5 Å². The van der Waals surface area contributed by atoms with Crippen LogP contribution in [0, 0.1) is 5.82 Å². The molecule has 3 N–H and O–H groups in total. The monoisotopic (exact) mass is 260 g/mol. The highest BCUT2D eigenvalue weighted by molar-refractivity contribution is 5.66. The van der Waals surface area contributed by atoms with Gasteiger partial charge in [-0.05, 0) is 36.8 Å². The third-order valence-corrected chi connectivity index (χ3v) is 2.53. The van der Waals surface area contributed by atoms with Gasteiger partial charge in [0.05, 0.1) is 6.61 Å². The molecule has 100 valence electrons. The number of nitrogens with one attached hydrogen (secondary N) is 1. The van der Waals surface area contributed by atoms with E-state index in [2.05, 4.69) is 5.32 Å². The molecule has 0 saturated heterocycles. The molecule has 2 rings (SSSR count). The van der Waals surface area contributed by atoms with Gasteiger partial charge < -0.3 is 15.8 Å². The van der Waals surface area contributed by atoms with Gasteiger partial charge in [-0.25, -0.2) is 4.39 Å². The molecular weight excluding hydrogens is 243 g/mol. The number of ether oxygens (including phenoxy) is 1. The molecular formula is C15H17FN2O. The summed E-state index contributed by atoms with van der Waals surface area (Å²) < 4.78 is 18.4. The summed E-state index contributed by atoms with van der Waals surface area (Å²) in [6, 6.07) is 11.6. The average Bonchev–Trinajstić information content (AvgIpc) is 2.38. The highest BCUT2D eigenvalue weighted by atomic mass is 19.1. The second-order valence-corrected chi connectivity index (χ2v) is 4.27. The third-order valence-electron chi connectivity index (χ3n) is 2.53. The maximum atomic E-state index is 12.8. The summed E-state index contributed by atoms with van der Waals surface area (Å²) in [6.07, 6.45) is 0.940. The Balaban J connectivity index is 2.15. The minimum absolute atomic E-state index is 0.259. The highest BCUT2D eigenvalue weighted by Crippen LogP contribution is 2.25. The molecule has 0 aromatic heterocycles. The number of nitrogen functional groups attached to an aromatic ring is 1. The lowest BCUT2D eigenvalue weighted by Crippen LogP contribution is -1.98. The van der Waals surface area contributed by atoms with Crippen molar-refractivity contribution in [3.05, 3.63) is 48.3 Å². The molecule has 19 heavy (non-hydrogen) atoms. The summed E-state index contributed by atoms with van der Waals surface area (Å²) in [5.74, 6) is 0.469. The number of hydrogen-bond donors (Lipinski definition) is 2. The molecule has 2 aromatic rings. The largest absolute Gasteiger partial charge is 0.493 e. The lowest BCUT2D eigenvalue weighted by atomic mass is 10.2. The van der Waals surface area contributed by atoms with Crippen LogP contribution in [0.2, 0.25) is 0 Å². The summed E-state index contributed by atoms with van der Waals surface area (Å²) in [5.41, 5.74) is 8.07. The van der Waals surface area contributed by atoms with Gasteiger partial charge in [-0.15, -0.1) is 0 Å². The fourth-order valence-electron chi connectivity index (χ4n) is 1.70. The summed E-state index contributed by atoms with van der Waals surface area (Å²) in [6.45, 7) is 2.70. The van der Waals surface area contributed by atoms with E-state index in [1.165, 1.54) is 12.1 Å². The van der Waals surface area contributed by atoms with Crippen molar-refractivity contribution in [3.63, 3.8) is 0 Å². The molecule has 0 aliphatic rings. The van der Waals surface area contributed by atoms with E-state index in [0.717, 1.165) is 23.5 Å². The molecule has 0 saturated carbocycles. The van der Waals surface area contributed by atoms with Gasteiger partial charge >= 0.3 is 0 Å². The Labute approximate surface area is 112 Å². The molecule has 0 heterocycles. The zero-order chi connectivity index (χ0) is 13.7. The lowest BCUT2D eigenvalue weighted by molar-refractivity contribution is 0.318. The van der Waals surface area contributed by atoms with Crippen LogP contribution in [0.1, 0.15) is 13.3 Å². The molecule has 0 amide bonds. The van der Waals surface area contributed by atoms with Crippen LogP contribution in [-0.4, -0.2) is 6.61 Å². The van der Waals surface area contributed by atoms with E-state index < -0.39 is 0 Å². The molecule has 0 radical (unpaired) electrons. The zero-order valence-electron chi connectivity index (χ0n) is 10.8. The summed E-state index contributed by atoms with van der Waals surface area (Å²) in [5, 5.41) is 3.16. The van der Waals surface area contributed by atoms with Crippen LogP contribution in [0.25, 0.3) is 0 Å². The first-order valence-corrected chi connectivity index (χ1v) is 6.23. The SMILES string of the molecule is CCCOc1cc(N)cc(Nc2ccc(F)cc2)c1. The number of hydrogen-bond acceptors (Lipinski definition) is 3. The Hall–Kier alpha value is -2.23. The minimum atomic E-state index is -0.259. The normalized spacial score (nSPS) is 10.2. The number of halogens is 1. The van der Waals surface area contributed by atoms with Crippen molar-refractivity contribution >= 4 is 17.1 Å². The smallest absolute Gasteiger partial charge is 0.123 e. The molecule has 0 atom stereocenters. The number of nitrogens with two attached hydrogens (primary N) is 1. The Kier molecular flexibility index (Phi) is 4.23. The van der Waals surface area contributed by atoms with Crippen molar-refractivity contribution in [2.24, 2.45) is 0 Å². The Bertz CT molecular complexity index is 540. The second kappa shape index (κ2) is 6.09. The number of benzene rings is 2. The summed E-state index contributed by atoms with van der Waals surface area (Å²) in [7, 11) is 0. The molecule has 0 fully saturated rings. The first kappa shape index (κ1) is 13.2.